The van der Waals surface area contributed by atoms with Gasteiger partial charge in [-0.25, -0.2) is 4.79 Å². The summed E-state index contributed by atoms with van der Waals surface area (Å²) < 4.78 is 4.78. The molecule has 0 unspecified atom stereocenters. The smallest absolute Gasteiger partial charge is 0.328 e. The Bertz CT molecular complexity index is 840. The number of esters is 1. The molecule has 0 radical (unpaired) electrons. The van der Waals surface area contributed by atoms with Crippen LogP contribution in [0.3, 0.4) is 0 Å². The zero-order chi connectivity index (χ0) is 16.6. The zero-order valence-corrected chi connectivity index (χ0v) is 13.1. The second kappa shape index (κ2) is 5.87. The lowest BCUT2D eigenvalue weighted by Gasteiger charge is -2.23. The minimum absolute atomic E-state index is 0.306. The van der Waals surface area contributed by atoms with E-state index in [9.17, 15) is 14.4 Å². The van der Waals surface area contributed by atoms with Crippen LogP contribution in [0.15, 0.2) is 29.1 Å². The van der Waals surface area contributed by atoms with Crippen LogP contribution in [-0.2, 0) is 9.53 Å². The molecular weight excluding hydrogens is 296 g/mol. The van der Waals surface area contributed by atoms with Crippen LogP contribution in [0.25, 0.3) is 10.9 Å². The molecule has 1 aromatic carbocycles. The predicted octanol–water partition coefficient (Wildman–Crippen LogP) is 1.61. The van der Waals surface area contributed by atoms with Crippen LogP contribution in [0.1, 0.15) is 28.8 Å². The van der Waals surface area contributed by atoms with Crippen molar-refractivity contribution in [1.29, 1.82) is 0 Å². The number of nitrogens with zero attached hydrogens (tertiary/aromatic N) is 1. The average molecular weight is 314 g/mol. The third-order valence-electron chi connectivity index (χ3n) is 4.22. The summed E-state index contributed by atoms with van der Waals surface area (Å²) in [6, 6.07) is 6.24. The number of likely N-dealkylation sites (tertiary alicyclic amines) is 1. The monoisotopic (exact) mass is 314 g/mol. The van der Waals surface area contributed by atoms with E-state index >= 15 is 0 Å². The van der Waals surface area contributed by atoms with E-state index in [2.05, 4.69) is 4.98 Å². The molecule has 2 aromatic rings. The quantitative estimate of drug-likeness (QED) is 0.854. The van der Waals surface area contributed by atoms with Gasteiger partial charge in [0.2, 0.25) is 5.56 Å². The highest BCUT2D eigenvalue weighted by Gasteiger charge is 2.35. The first-order chi connectivity index (χ1) is 11.0. The van der Waals surface area contributed by atoms with Crippen molar-refractivity contribution in [3.8, 4) is 0 Å². The number of hydrogen-bond donors (Lipinski definition) is 1. The van der Waals surface area contributed by atoms with Crippen molar-refractivity contribution in [2.24, 2.45) is 0 Å². The van der Waals surface area contributed by atoms with Crippen molar-refractivity contribution < 1.29 is 14.3 Å². The van der Waals surface area contributed by atoms with E-state index in [1.165, 1.54) is 18.1 Å². The summed E-state index contributed by atoms with van der Waals surface area (Å²) in [5.74, 6) is -0.722. The Kier molecular flexibility index (Phi) is 3.90. The topological polar surface area (TPSA) is 79.5 Å². The Balaban J connectivity index is 2.09. The average Bonchev–Trinajstić information content (AvgIpc) is 3.02. The number of amides is 1. The van der Waals surface area contributed by atoms with Crippen molar-refractivity contribution in [2.45, 2.75) is 25.8 Å². The molecule has 0 spiro atoms. The number of nitrogens with one attached hydrogen (secondary N) is 1. The molecule has 1 aliphatic rings. The van der Waals surface area contributed by atoms with E-state index in [0.717, 1.165) is 12.0 Å². The van der Waals surface area contributed by atoms with Crippen molar-refractivity contribution in [3.63, 3.8) is 0 Å². The maximum atomic E-state index is 12.9. The summed E-state index contributed by atoms with van der Waals surface area (Å²) in [7, 11) is 1.31. The van der Waals surface area contributed by atoms with Gasteiger partial charge in [0.15, 0.2) is 0 Å². The molecule has 2 heterocycles. The van der Waals surface area contributed by atoms with Gasteiger partial charge in [0.1, 0.15) is 6.04 Å². The summed E-state index contributed by atoms with van der Waals surface area (Å²) >= 11 is 0. The van der Waals surface area contributed by atoms with E-state index in [0.29, 0.717) is 29.4 Å². The number of hydrogen-bond acceptors (Lipinski definition) is 4. The molecule has 1 aliphatic heterocycles. The van der Waals surface area contributed by atoms with Crippen LogP contribution in [-0.4, -0.2) is 41.5 Å². The van der Waals surface area contributed by atoms with Gasteiger partial charge in [-0.3, -0.25) is 9.59 Å². The lowest BCUT2D eigenvalue weighted by molar-refractivity contribution is -0.145. The fourth-order valence-electron chi connectivity index (χ4n) is 3.09. The molecule has 3 rings (SSSR count). The van der Waals surface area contributed by atoms with Gasteiger partial charge in [0, 0.05) is 23.5 Å². The number of ether oxygens (including phenoxy) is 1. The van der Waals surface area contributed by atoms with E-state index in [-0.39, 0.29) is 11.5 Å². The van der Waals surface area contributed by atoms with E-state index in [1.807, 2.05) is 19.1 Å². The first-order valence-electron chi connectivity index (χ1n) is 7.54. The summed E-state index contributed by atoms with van der Waals surface area (Å²) in [6.45, 7) is 2.41. The largest absolute Gasteiger partial charge is 0.467 e. The Morgan fingerprint density at radius 3 is 2.83 bits per heavy atom. The molecule has 23 heavy (non-hydrogen) atoms. The van der Waals surface area contributed by atoms with Crippen LogP contribution < -0.4 is 5.56 Å². The minimum Gasteiger partial charge on any atom is -0.467 e. The Morgan fingerprint density at radius 1 is 1.30 bits per heavy atom. The van der Waals surface area contributed by atoms with Crippen molar-refractivity contribution in [2.75, 3.05) is 13.7 Å². The molecule has 6 nitrogen and oxygen atoms in total. The highest BCUT2D eigenvalue weighted by Crippen LogP contribution is 2.24. The Hall–Kier alpha value is -2.63. The second-order valence-corrected chi connectivity index (χ2v) is 5.78. The number of rotatable bonds is 2. The second-order valence-electron chi connectivity index (χ2n) is 5.78. The van der Waals surface area contributed by atoms with Gasteiger partial charge in [-0.2, -0.15) is 0 Å². The number of fused-ring (bicyclic) bond motifs is 1. The fraction of sp³-hybridized carbons (Fsp3) is 0.353. The van der Waals surface area contributed by atoms with Crippen molar-refractivity contribution in [1.82, 2.24) is 9.88 Å². The van der Waals surface area contributed by atoms with Crippen LogP contribution in [0.2, 0.25) is 0 Å². The first-order valence-corrected chi connectivity index (χ1v) is 7.54. The molecule has 1 fully saturated rings. The van der Waals surface area contributed by atoms with Gasteiger partial charge >= 0.3 is 5.97 Å². The maximum absolute atomic E-state index is 12.9. The number of pyridine rings is 1. The van der Waals surface area contributed by atoms with Crippen LogP contribution >= 0.6 is 0 Å². The van der Waals surface area contributed by atoms with Crippen molar-refractivity contribution in [3.05, 3.63) is 45.7 Å². The molecule has 0 aliphatic carbocycles. The molecule has 0 saturated carbocycles. The standard InChI is InChI=1S/C17H18N2O4/c1-10-5-6-13-11(8-10)12(9-15(20)18-13)16(21)19-7-3-4-14(19)17(22)23-2/h5-6,8-9,14H,3-4,7H2,1-2H3,(H,18,20)/t14-/m0/s1. The van der Waals surface area contributed by atoms with Crippen LogP contribution in [0.5, 0.6) is 0 Å². The van der Waals surface area contributed by atoms with Gasteiger partial charge in [-0.15, -0.1) is 0 Å². The number of aromatic nitrogens is 1. The molecule has 0 bridgehead atoms. The number of carbonyl (C=O) groups excluding carboxylic acids is 2. The first kappa shape index (κ1) is 15.3. The number of benzene rings is 1. The Labute approximate surface area is 133 Å². The van der Waals surface area contributed by atoms with Gasteiger partial charge < -0.3 is 14.6 Å². The predicted molar refractivity (Wildman–Crippen MR) is 85.4 cm³/mol. The fourth-order valence-corrected chi connectivity index (χ4v) is 3.09. The van der Waals surface area contributed by atoms with E-state index in [1.54, 1.807) is 6.07 Å². The van der Waals surface area contributed by atoms with E-state index < -0.39 is 12.0 Å². The molecule has 1 N–H and O–H groups in total. The number of H-pyrrole nitrogens is 1. The summed E-state index contributed by atoms with van der Waals surface area (Å²) in [4.78, 5) is 40.9. The molecular formula is C17H18N2O4. The summed E-state index contributed by atoms with van der Waals surface area (Å²) in [5, 5.41) is 0.685. The molecule has 1 amide bonds. The Morgan fingerprint density at radius 2 is 2.09 bits per heavy atom. The molecule has 1 atom stereocenters. The van der Waals surface area contributed by atoms with Crippen LogP contribution in [0.4, 0.5) is 0 Å². The normalized spacial score (nSPS) is 17.5. The van der Waals surface area contributed by atoms with E-state index in [4.69, 9.17) is 4.74 Å². The summed E-state index contributed by atoms with van der Waals surface area (Å²) in [5.41, 5.74) is 1.59. The number of aromatic amines is 1. The molecule has 1 saturated heterocycles. The van der Waals surface area contributed by atoms with Gasteiger partial charge in [-0.1, -0.05) is 11.6 Å². The van der Waals surface area contributed by atoms with Gasteiger partial charge in [-0.05, 0) is 31.9 Å². The SMILES string of the molecule is COC(=O)[C@@H]1CCCN1C(=O)c1cc(=O)[nH]c2ccc(C)cc12. The summed E-state index contributed by atoms with van der Waals surface area (Å²) in [6.07, 6.45) is 1.32. The lowest BCUT2D eigenvalue weighted by atomic mass is 10.0. The third kappa shape index (κ3) is 2.72. The highest BCUT2D eigenvalue weighted by molar-refractivity contribution is 6.07. The molecule has 120 valence electrons. The zero-order valence-electron chi connectivity index (χ0n) is 13.1. The molecule has 6 heteroatoms. The van der Waals surface area contributed by atoms with Crippen molar-refractivity contribution >= 4 is 22.8 Å². The van der Waals surface area contributed by atoms with Gasteiger partial charge in [0.05, 0.1) is 12.7 Å². The van der Waals surface area contributed by atoms with Gasteiger partial charge in [0.25, 0.3) is 5.91 Å². The molecule has 1 aromatic heterocycles. The number of carbonyl (C=O) groups is 2. The number of methoxy groups -OCH3 is 1. The van der Waals surface area contributed by atoms with Crippen LogP contribution in [0, 0.1) is 6.92 Å². The number of aryl methyl sites for hydroxylation is 1. The minimum atomic E-state index is -0.577. The maximum Gasteiger partial charge on any atom is 0.328 e. The third-order valence-corrected chi connectivity index (χ3v) is 4.22. The highest BCUT2D eigenvalue weighted by atomic mass is 16.5. The lowest BCUT2D eigenvalue weighted by Crippen LogP contribution is -2.41.